The Morgan fingerprint density at radius 2 is 1.83 bits per heavy atom. The molecule has 0 bridgehead atoms. The monoisotopic (exact) mass is 322 g/mol. The van der Waals surface area contributed by atoms with Crippen LogP contribution in [-0.2, 0) is 17.7 Å². The summed E-state index contributed by atoms with van der Waals surface area (Å²) in [4.78, 5) is 29.3. The predicted molar refractivity (Wildman–Crippen MR) is 92.3 cm³/mol. The van der Waals surface area contributed by atoms with Crippen LogP contribution in [0.2, 0.25) is 0 Å². The lowest BCUT2D eigenvalue weighted by Gasteiger charge is -2.13. The van der Waals surface area contributed by atoms with Crippen molar-refractivity contribution in [1.29, 1.82) is 0 Å². The Morgan fingerprint density at radius 3 is 2.58 bits per heavy atom. The molecule has 0 N–H and O–H groups in total. The number of esters is 1. The van der Waals surface area contributed by atoms with Gasteiger partial charge in [-0.25, -0.2) is 9.78 Å². The zero-order chi connectivity index (χ0) is 17.1. The standard InChI is InChI=1S/C19H18N2O3/c1-3-21-17(20-16-11-7-6-10-15(16)18(21)22)12-13-8-4-5-9-14(13)19(23)24-2/h4-11H,3,12H2,1-2H3. The Morgan fingerprint density at radius 1 is 1.12 bits per heavy atom. The molecule has 0 amide bonds. The Kier molecular flexibility index (Phi) is 4.42. The molecular formula is C19H18N2O3. The molecule has 3 rings (SSSR count). The van der Waals surface area contributed by atoms with Crippen LogP contribution in [0.3, 0.4) is 0 Å². The highest BCUT2D eigenvalue weighted by Crippen LogP contribution is 2.16. The van der Waals surface area contributed by atoms with E-state index in [1.54, 1.807) is 22.8 Å². The van der Waals surface area contributed by atoms with Crippen molar-refractivity contribution in [3.63, 3.8) is 0 Å². The van der Waals surface area contributed by atoms with Crippen molar-refractivity contribution in [2.24, 2.45) is 0 Å². The quantitative estimate of drug-likeness (QED) is 0.693. The Balaban J connectivity index is 2.15. The van der Waals surface area contributed by atoms with E-state index >= 15 is 0 Å². The number of methoxy groups -OCH3 is 1. The second-order valence-electron chi connectivity index (χ2n) is 5.42. The van der Waals surface area contributed by atoms with Gasteiger partial charge in [-0.05, 0) is 30.7 Å². The van der Waals surface area contributed by atoms with Gasteiger partial charge >= 0.3 is 5.97 Å². The topological polar surface area (TPSA) is 61.2 Å². The third-order valence-corrected chi connectivity index (χ3v) is 4.03. The van der Waals surface area contributed by atoms with Crippen LogP contribution < -0.4 is 5.56 Å². The molecule has 0 aliphatic carbocycles. The van der Waals surface area contributed by atoms with E-state index in [1.165, 1.54) is 7.11 Å². The predicted octanol–water partition coefficient (Wildman–Crippen LogP) is 2.79. The van der Waals surface area contributed by atoms with Gasteiger partial charge < -0.3 is 4.74 Å². The summed E-state index contributed by atoms with van der Waals surface area (Å²) in [6.07, 6.45) is 0.388. The zero-order valence-electron chi connectivity index (χ0n) is 13.7. The molecule has 0 fully saturated rings. The number of benzene rings is 2. The third-order valence-electron chi connectivity index (χ3n) is 4.03. The molecule has 0 spiro atoms. The second kappa shape index (κ2) is 6.66. The van der Waals surface area contributed by atoms with Gasteiger partial charge in [0, 0.05) is 13.0 Å². The first-order chi connectivity index (χ1) is 11.7. The average Bonchev–Trinajstić information content (AvgIpc) is 2.62. The molecule has 0 unspecified atom stereocenters. The van der Waals surface area contributed by atoms with Crippen LogP contribution >= 0.6 is 0 Å². The summed E-state index contributed by atoms with van der Waals surface area (Å²) < 4.78 is 6.49. The van der Waals surface area contributed by atoms with E-state index in [2.05, 4.69) is 4.98 Å². The minimum Gasteiger partial charge on any atom is -0.465 e. The molecule has 0 radical (unpaired) electrons. The molecular weight excluding hydrogens is 304 g/mol. The molecule has 1 heterocycles. The number of hydrogen-bond donors (Lipinski definition) is 0. The Bertz CT molecular complexity index is 960. The molecule has 0 saturated heterocycles. The van der Waals surface area contributed by atoms with Gasteiger partial charge in [-0.15, -0.1) is 0 Å². The summed E-state index contributed by atoms with van der Waals surface area (Å²) >= 11 is 0. The van der Waals surface area contributed by atoms with Crippen LogP contribution in [0.25, 0.3) is 10.9 Å². The number of rotatable bonds is 4. The van der Waals surface area contributed by atoms with Crippen molar-refractivity contribution in [2.75, 3.05) is 7.11 Å². The van der Waals surface area contributed by atoms with Crippen molar-refractivity contribution < 1.29 is 9.53 Å². The maximum Gasteiger partial charge on any atom is 0.338 e. The molecule has 2 aromatic carbocycles. The smallest absolute Gasteiger partial charge is 0.338 e. The highest BCUT2D eigenvalue weighted by molar-refractivity contribution is 5.91. The van der Waals surface area contributed by atoms with Crippen LogP contribution in [0.15, 0.2) is 53.3 Å². The first-order valence-electron chi connectivity index (χ1n) is 7.80. The van der Waals surface area contributed by atoms with E-state index in [0.717, 1.165) is 5.56 Å². The number of hydrogen-bond acceptors (Lipinski definition) is 4. The highest BCUT2D eigenvalue weighted by Gasteiger charge is 2.15. The molecule has 5 heteroatoms. The molecule has 5 nitrogen and oxygen atoms in total. The van der Waals surface area contributed by atoms with E-state index in [0.29, 0.717) is 35.3 Å². The van der Waals surface area contributed by atoms with Gasteiger partial charge in [-0.2, -0.15) is 0 Å². The minimum absolute atomic E-state index is 0.0614. The molecule has 3 aromatic rings. The van der Waals surface area contributed by atoms with Crippen LogP contribution in [-0.4, -0.2) is 22.6 Å². The fourth-order valence-corrected chi connectivity index (χ4v) is 2.83. The summed E-state index contributed by atoms with van der Waals surface area (Å²) in [5, 5.41) is 0.601. The van der Waals surface area contributed by atoms with Crippen LogP contribution in [0.4, 0.5) is 0 Å². The molecule has 0 saturated carbocycles. The van der Waals surface area contributed by atoms with Crippen molar-refractivity contribution in [1.82, 2.24) is 9.55 Å². The molecule has 1 aromatic heterocycles. The van der Waals surface area contributed by atoms with Crippen molar-refractivity contribution in [3.05, 3.63) is 75.8 Å². The zero-order valence-corrected chi connectivity index (χ0v) is 13.7. The average molecular weight is 322 g/mol. The van der Waals surface area contributed by atoms with Crippen molar-refractivity contribution in [3.8, 4) is 0 Å². The molecule has 0 atom stereocenters. The van der Waals surface area contributed by atoms with E-state index in [4.69, 9.17) is 4.74 Å². The summed E-state index contributed by atoms with van der Waals surface area (Å²) in [5.41, 5.74) is 1.88. The fraction of sp³-hybridized carbons (Fsp3) is 0.211. The molecule has 24 heavy (non-hydrogen) atoms. The van der Waals surface area contributed by atoms with E-state index in [-0.39, 0.29) is 5.56 Å². The number of aromatic nitrogens is 2. The fourth-order valence-electron chi connectivity index (χ4n) is 2.83. The first-order valence-corrected chi connectivity index (χ1v) is 7.80. The van der Waals surface area contributed by atoms with Crippen LogP contribution in [0.1, 0.15) is 28.7 Å². The summed E-state index contributed by atoms with van der Waals surface area (Å²) in [6, 6.07) is 14.5. The van der Waals surface area contributed by atoms with Gasteiger partial charge in [-0.1, -0.05) is 30.3 Å². The van der Waals surface area contributed by atoms with Crippen molar-refractivity contribution in [2.45, 2.75) is 19.9 Å². The van der Waals surface area contributed by atoms with Crippen LogP contribution in [0.5, 0.6) is 0 Å². The van der Waals surface area contributed by atoms with E-state index in [1.807, 2.05) is 37.3 Å². The Hall–Kier alpha value is -2.95. The van der Waals surface area contributed by atoms with Gasteiger partial charge in [0.2, 0.25) is 0 Å². The van der Waals surface area contributed by atoms with Gasteiger partial charge in [-0.3, -0.25) is 9.36 Å². The SMILES string of the molecule is CCn1c(Cc2ccccc2C(=O)OC)nc2ccccc2c1=O. The maximum atomic E-state index is 12.7. The van der Waals surface area contributed by atoms with Crippen molar-refractivity contribution >= 4 is 16.9 Å². The number of fused-ring (bicyclic) bond motifs is 1. The summed E-state index contributed by atoms with van der Waals surface area (Å²) in [5.74, 6) is 0.245. The van der Waals surface area contributed by atoms with E-state index < -0.39 is 5.97 Å². The van der Waals surface area contributed by atoms with Gasteiger partial charge in [0.05, 0.1) is 23.6 Å². The number of carbonyl (C=O) groups is 1. The number of para-hydroxylation sites is 1. The summed E-state index contributed by atoms with van der Waals surface area (Å²) in [7, 11) is 1.36. The maximum absolute atomic E-state index is 12.7. The third kappa shape index (κ3) is 2.80. The molecule has 0 aliphatic rings. The number of carbonyl (C=O) groups excluding carboxylic acids is 1. The van der Waals surface area contributed by atoms with Gasteiger partial charge in [0.1, 0.15) is 5.82 Å². The lowest BCUT2D eigenvalue weighted by atomic mass is 10.0. The highest BCUT2D eigenvalue weighted by atomic mass is 16.5. The first kappa shape index (κ1) is 15.9. The minimum atomic E-state index is -0.392. The lowest BCUT2D eigenvalue weighted by molar-refractivity contribution is 0.0599. The number of nitrogens with zero attached hydrogens (tertiary/aromatic N) is 2. The molecule has 0 aliphatic heterocycles. The lowest BCUT2D eigenvalue weighted by Crippen LogP contribution is -2.25. The Labute approximate surface area is 139 Å². The van der Waals surface area contributed by atoms with Gasteiger partial charge in [0.15, 0.2) is 0 Å². The normalized spacial score (nSPS) is 10.8. The van der Waals surface area contributed by atoms with E-state index in [9.17, 15) is 9.59 Å². The summed E-state index contributed by atoms with van der Waals surface area (Å²) in [6.45, 7) is 2.43. The van der Waals surface area contributed by atoms with Gasteiger partial charge in [0.25, 0.3) is 5.56 Å². The number of ether oxygens (including phenoxy) is 1. The van der Waals surface area contributed by atoms with Crippen LogP contribution in [0, 0.1) is 0 Å². The largest absolute Gasteiger partial charge is 0.465 e. The second-order valence-corrected chi connectivity index (χ2v) is 5.42. The molecule has 122 valence electrons.